The minimum atomic E-state index is -4.21. The normalized spacial score (nSPS) is 12.0. The second kappa shape index (κ2) is 7.66. The summed E-state index contributed by atoms with van der Waals surface area (Å²) >= 11 is 6.49. The van der Waals surface area contributed by atoms with Gasteiger partial charge < -0.3 is 0 Å². The van der Waals surface area contributed by atoms with Crippen molar-refractivity contribution in [3.63, 3.8) is 0 Å². The fraction of sp³-hybridized carbons (Fsp3) is 0. The number of thiophene rings is 1. The zero-order chi connectivity index (χ0) is 20.5. The van der Waals surface area contributed by atoms with E-state index in [9.17, 15) is 25.6 Å². The minimum absolute atomic E-state index is 0.0810. The second-order valence-corrected chi connectivity index (χ2v) is 10.6. The SMILES string of the molecule is O=S(=O)(Nc1ccc(F)cc1)c1cc(S(=O)(=O)Nc2ccc(F)cc2)c(Cl)s1. The average Bonchev–Trinajstić information content (AvgIpc) is 3.02. The van der Waals surface area contributed by atoms with Crippen LogP contribution in [0.2, 0.25) is 4.34 Å². The second-order valence-electron chi connectivity index (χ2n) is 5.43. The highest BCUT2D eigenvalue weighted by atomic mass is 35.5. The summed E-state index contributed by atoms with van der Waals surface area (Å²) in [5, 5.41) is 0. The monoisotopic (exact) mass is 464 g/mol. The molecule has 148 valence electrons. The quantitative estimate of drug-likeness (QED) is 0.569. The number of benzene rings is 2. The summed E-state index contributed by atoms with van der Waals surface area (Å²) in [5.74, 6) is -1.08. The fourth-order valence-corrected chi connectivity index (χ4v) is 6.64. The topological polar surface area (TPSA) is 92.3 Å². The molecule has 0 amide bonds. The summed E-state index contributed by atoms with van der Waals surface area (Å²) in [6.07, 6.45) is 0. The Kier molecular flexibility index (Phi) is 5.62. The molecule has 2 N–H and O–H groups in total. The van der Waals surface area contributed by atoms with Crippen LogP contribution in [0.1, 0.15) is 0 Å². The van der Waals surface area contributed by atoms with E-state index in [0.717, 1.165) is 30.3 Å². The molecule has 1 aromatic heterocycles. The zero-order valence-electron chi connectivity index (χ0n) is 13.7. The fourth-order valence-electron chi connectivity index (χ4n) is 2.10. The van der Waals surface area contributed by atoms with Crippen LogP contribution in [0, 0.1) is 11.6 Å². The van der Waals surface area contributed by atoms with Crippen molar-refractivity contribution < 1.29 is 25.6 Å². The van der Waals surface area contributed by atoms with Crippen LogP contribution < -0.4 is 9.44 Å². The van der Waals surface area contributed by atoms with Crippen molar-refractivity contribution in [2.24, 2.45) is 0 Å². The summed E-state index contributed by atoms with van der Waals surface area (Å²) in [6, 6.07) is 10.0. The van der Waals surface area contributed by atoms with Gasteiger partial charge in [-0.1, -0.05) is 11.6 Å². The summed E-state index contributed by atoms with van der Waals surface area (Å²) in [4.78, 5) is -0.442. The van der Waals surface area contributed by atoms with E-state index in [1.165, 1.54) is 24.3 Å². The van der Waals surface area contributed by atoms with E-state index in [1.54, 1.807) is 0 Å². The van der Waals surface area contributed by atoms with Gasteiger partial charge in [-0.25, -0.2) is 25.6 Å². The molecule has 3 rings (SSSR count). The van der Waals surface area contributed by atoms with Gasteiger partial charge in [-0.15, -0.1) is 11.3 Å². The van der Waals surface area contributed by atoms with Crippen LogP contribution in [0.5, 0.6) is 0 Å². The van der Waals surface area contributed by atoms with Crippen molar-refractivity contribution in [3.05, 3.63) is 70.6 Å². The van der Waals surface area contributed by atoms with E-state index >= 15 is 0 Å². The number of halogens is 3. The Bertz CT molecular complexity index is 1210. The first-order valence-corrected chi connectivity index (χ1v) is 11.6. The Hall–Kier alpha value is -2.21. The molecule has 0 aliphatic heterocycles. The first kappa shape index (κ1) is 20.5. The van der Waals surface area contributed by atoms with Crippen LogP contribution in [-0.4, -0.2) is 16.8 Å². The molecule has 28 heavy (non-hydrogen) atoms. The first-order chi connectivity index (χ1) is 13.1. The molecule has 3 aromatic rings. The van der Waals surface area contributed by atoms with Crippen molar-refractivity contribution in [1.29, 1.82) is 0 Å². The molecule has 0 fully saturated rings. The Morgan fingerprint density at radius 3 is 1.64 bits per heavy atom. The van der Waals surface area contributed by atoms with Gasteiger partial charge in [0.05, 0.1) is 0 Å². The Morgan fingerprint density at radius 1 is 0.750 bits per heavy atom. The summed E-state index contributed by atoms with van der Waals surface area (Å²) < 4.78 is 79.6. The van der Waals surface area contributed by atoms with Gasteiger partial charge in [-0.3, -0.25) is 9.44 Å². The lowest BCUT2D eigenvalue weighted by Crippen LogP contribution is -2.13. The molecular formula is C16H11ClF2N2O4S3. The van der Waals surface area contributed by atoms with Crippen molar-refractivity contribution in [2.75, 3.05) is 9.44 Å². The molecule has 12 heteroatoms. The van der Waals surface area contributed by atoms with E-state index in [-0.39, 0.29) is 19.9 Å². The van der Waals surface area contributed by atoms with Crippen molar-refractivity contribution >= 4 is 54.4 Å². The lowest BCUT2D eigenvalue weighted by Gasteiger charge is -2.07. The highest BCUT2D eigenvalue weighted by Crippen LogP contribution is 2.35. The molecule has 0 radical (unpaired) electrons. The first-order valence-electron chi connectivity index (χ1n) is 7.43. The van der Waals surface area contributed by atoms with E-state index in [2.05, 4.69) is 9.44 Å². The maximum Gasteiger partial charge on any atom is 0.271 e. The molecule has 0 saturated heterocycles. The third-order valence-corrected chi connectivity index (χ3v) is 8.24. The largest absolute Gasteiger partial charge is 0.280 e. The van der Waals surface area contributed by atoms with E-state index in [0.29, 0.717) is 11.3 Å². The van der Waals surface area contributed by atoms with Crippen LogP contribution in [0.4, 0.5) is 20.2 Å². The Labute approximate surface area is 168 Å². The number of nitrogens with one attached hydrogen (secondary N) is 2. The summed E-state index contributed by atoms with van der Waals surface area (Å²) in [5.41, 5.74) is 0.178. The minimum Gasteiger partial charge on any atom is -0.280 e. The molecule has 1 heterocycles. The average molecular weight is 465 g/mol. The van der Waals surface area contributed by atoms with Crippen LogP contribution in [-0.2, 0) is 20.0 Å². The molecule has 6 nitrogen and oxygen atoms in total. The van der Waals surface area contributed by atoms with Crippen molar-refractivity contribution in [2.45, 2.75) is 9.10 Å². The molecule has 0 saturated carbocycles. The molecule has 0 spiro atoms. The molecule has 0 bridgehead atoms. The summed E-state index contributed by atoms with van der Waals surface area (Å²) in [6.45, 7) is 0. The smallest absolute Gasteiger partial charge is 0.271 e. The third kappa shape index (κ3) is 4.61. The highest BCUT2D eigenvalue weighted by molar-refractivity contribution is 7.95. The van der Waals surface area contributed by atoms with Crippen molar-refractivity contribution in [3.8, 4) is 0 Å². The third-order valence-electron chi connectivity index (χ3n) is 3.38. The van der Waals surface area contributed by atoms with E-state index in [4.69, 9.17) is 11.6 Å². The van der Waals surface area contributed by atoms with Crippen LogP contribution in [0.25, 0.3) is 0 Å². The van der Waals surface area contributed by atoms with Gasteiger partial charge in [0, 0.05) is 11.4 Å². The van der Waals surface area contributed by atoms with Crippen LogP contribution >= 0.6 is 22.9 Å². The maximum absolute atomic E-state index is 13.0. The van der Waals surface area contributed by atoms with E-state index < -0.39 is 36.6 Å². The Morgan fingerprint density at radius 2 is 1.18 bits per heavy atom. The van der Waals surface area contributed by atoms with Crippen LogP contribution in [0.3, 0.4) is 0 Å². The highest BCUT2D eigenvalue weighted by Gasteiger charge is 2.26. The zero-order valence-corrected chi connectivity index (χ0v) is 16.9. The van der Waals surface area contributed by atoms with E-state index in [1.807, 2.05) is 0 Å². The van der Waals surface area contributed by atoms with Gasteiger partial charge >= 0.3 is 0 Å². The molecule has 0 atom stereocenters. The number of anilines is 2. The predicted molar refractivity (Wildman–Crippen MR) is 104 cm³/mol. The number of sulfonamides is 2. The van der Waals surface area contributed by atoms with Gasteiger partial charge in [0.2, 0.25) is 0 Å². The molecule has 0 unspecified atom stereocenters. The number of rotatable bonds is 6. The van der Waals surface area contributed by atoms with Crippen molar-refractivity contribution in [1.82, 2.24) is 0 Å². The molecule has 0 aliphatic carbocycles. The summed E-state index contributed by atoms with van der Waals surface area (Å²) in [7, 11) is -8.36. The Balaban J connectivity index is 1.89. The number of hydrogen-bond acceptors (Lipinski definition) is 5. The standard InChI is InChI=1S/C16H11ClF2N2O4S3/c17-16-14(27(22,23)20-12-5-1-10(18)2-6-12)9-15(26-16)28(24,25)21-13-7-3-11(19)4-8-13/h1-9,20-21H. The van der Waals surface area contributed by atoms with Gasteiger partial charge in [0.25, 0.3) is 20.0 Å². The van der Waals surface area contributed by atoms with Gasteiger partial charge in [-0.2, -0.15) is 0 Å². The lowest BCUT2D eigenvalue weighted by molar-refractivity contribution is 0.601. The lowest BCUT2D eigenvalue weighted by atomic mass is 10.3. The number of hydrogen-bond donors (Lipinski definition) is 2. The molecular weight excluding hydrogens is 454 g/mol. The van der Waals surface area contributed by atoms with Gasteiger partial charge in [-0.05, 0) is 54.6 Å². The van der Waals surface area contributed by atoms with Gasteiger partial charge in [0.15, 0.2) is 0 Å². The van der Waals surface area contributed by atoms with Crippen LogP contribution in [0.15, 0.2) is 63.7 Å². The molecule has 2 aromatic carbocycles. The maximum atomic E-state index is 13.0. The predicted octanol–water partition coefficient (Wildman–Crippen LogP) is 4.28. The molecule has 0 aliphatic rings. The van der Waals surface area contributed by atoms with Gasteiger partial charge in [0.1, 0.15) is 25.1 Å².